The van der Waals surface area contributed by atoms with Crippen LogP contribution in [0.1, 0.15) is 81.9 Å². The molecular formula is C24H24FN7O3. The molecule has 1 unspecified atom stereocenters. The van der Waals surface area contributed by atoms with Crippen molar-refractivity contribution in [1.29, 1.82) is 0 Å². The quantitative estimate of drug-likeness (QED) is 0.354. The summed E-state index contributed by atoms with van der Waals surface area (Å²) in [6.45, 7) is 3.08. The minimum atomic E-state index is -1.27. The number of H-pyrrole nitrogens is 1. The molecule has 2 saturated carbocycles. The van der Waals surface area contributed by atoms with E-state index in [4.69, 9.17) is 0 Å². The number of nitrogens with zero attached hydrogens (tertiary/aromatic N) is 4. The number of fused-ring (bicyclic) bond motifs is 3. The van der Waals surface area contributed by atoms with Gasteiger partial charge in [-0.3, -0.25) is 24.5 Å². The number of pyridine rings is 1. The molecular weight excluding hydrogens is 453 g/mol. The van der Waals surface area contributed by atoms with Gasteiger partial charge in [0.1, 0.15) is 17.6 Å². The smallest absolute Gasteiger partial charge is 0.293 e. The average molecular weight is 478 g/mol. The number of carbonyl (C=O) groups excluding carboxylic acids is 3. The number of halogens is 1. The highest BCUT2D eigenvalue weighted by molar-refractivity contribution is 6.44. The lowest BCUT2D eigenvalue weighted by molar-refractivity contribution is -0.118. The molecule has 0 saturated heterocycles. The molecule has 3 aliphatic rings. The van der Waals surface area contributed by atoms with Crippen LogP contribution < -0.4 is 10.6 Å². The molecule has 3 N–H and O–H groups in total. The molecule has 180 valence electrons. The van der Waals surface area contributed by atoms with E-state index in [2.05, 4.69) is 31.0 Å². The highest BCUT2D eigenvalue weighted by Crippen LogP contribution is 2.54. The second-order valence-corrected chi connectivity index (χ2v) is 9.70. The Kier molecular flexibility index (Phi) is 4.67. The number of rotatable bonds is 7. The van der Waals surface area contributed by atoms with Crippen LogP contribution in [0.15, 0.2) is 24.5 Å². The van der Waals surface area contributed by atoms with Crippen LogP contribution in [0.25, 0.3) is 0 Å². The Morgan fingerprint density at radius 1 is 1.31 bits per heavy atom. The van der Waals surface area contributed by atoms with Gasteiger partial charge in [0, 0.05) is 29.8 Å². The van der Waals surface area contributed by atoms with Gasteiger partial charge in [0.25, 0.3) is 17.6 Å². The van der Waals surface area contributed by atoms with E-state index in [-0.39, 0.29) is 11.7 Å². The number of carbonyl (C=O) groups is 3. The number of nitrogens with one attached hydrogen (secondary N) is 3. The minimum Gasteiger partial charge on any atom is -0.338 e. The van der Waals surface area contributed by atoms with Gasteiger partial charge >= 0.3 is 0 Å². The van der Waals surface area contributed by atoms with Crippen LogP contribution in [-0.4, -0.2) is 42.6 Å². The summed E-state index contributed by atoms with van der Waals surface area (Å²) in [5.41, 5.74) is 2.42. The van der Waals surface area contributed by atoms with Gasteiger partial charge < -0.3 is 15.2 Å². The van der Waals surface area contributed by atoms with Gasteiger partial charge in [-0.05, 0) is 63.1 Å². The van der Waals surface area contributed by atoms with Crippen LogP contribution in [-0.2, 0) is 16.8 Å². The van der Waals surface area contributed by atoms with E-state index in [1.54, 1.807) is 19.2 Å². The third-order valence-corrected chi connectivity index (χ3v) is 7.33. The highest BCUT2D eigenvalue weighted by atomic mass is 19.1. The van der Waals surface area contributed by atoms with Crippen LogP contribution in [0.2, 0.25) is 0 Å². The number of hydrogen-bond donors (Lipinski definition) is 3. The average Bonchev–Trinajstić information content (AvgIpc) is 3.61. The molecule has 3 aromatic heterocycles. The lowest BCUT2D eigenvalue weighted by Crippen LogP contribution is -2.40. The number of hydrogen-bond acceptors (Lipinski definition) is 6. The Morgan fingerprint density at radius 2 is 2.11 bits per heavy atom. The molecule has 0 aromatic carbocycles. The summed E-state index contributed by atoms with van der Waals surface area (Å²) in [5.74, 6) is -1.40. The largest absolute Gasteiger partial charge is 0.338 e. The van der Waals surface area contributed by atoms with Crippen LogP contribution in [0.5, 0.6) is 0 Å². The molecule has 10 nitrogen and oxygen atoms in total. The maximum Gasteiger partial charge on any atom is 0.293 e. The van der Waals surface area contributed by atoms with Crippen molar-refractivity contribution in [3.8, 4) is 0 Å². The van der Waals surface area contributed by atoms with Gasteiger partial charge in [0.15, 0.2) is 0 Å². The van der Waals surface area contributed by atoms with E-state index in [0.717, 1.165) is 12.1 Å². The summed E-state index contributed by atoms with van der Waals surface area (Å²) in [6.07, 6.45) is 4.73. The summed E-state index contributed by atoms with van der Waals surface area (Å²) in [5, 5.41) is 16.0. The number of ketones is 1. The Bertz CT molecular complexity index is 1370. The van der Waals surface area contributed by atoms with Crippen molar-refractivity contribution >= 4 is 23.3 Å². The molecule has 1 aliphatic heterocycles. The van der Waals surface area contributed by atoms with Gasteiger partial charge in [-0.1, -0.05) is 5.21 Å². The van der Waals surface area contributed by atoms with Gasteiger partial charge in [0.2, 0.25) is 0 Å². The van der Waals surface area contributed by atoms with Crippen molar-refractivity contribution in [2.24, 2.45) is 5.92 Å². The first-order valence-electron chi connectivity index (χ1n) is 11.7. The molecule has 6 rings (SSSR count). The Hall–Kier alpha value is -3.89. The lowest BCUT2D eigenvalue weighted by Gasteiger charge is -2.14. The number of aromatic nitrogens is 5. The van der Waals surface area contributed by atoms with E-state index in [0.29, 0.717) is 53.4 Å². The summed E-state index contributed by atoms with van der Waals surface area (Å²) >= 11 is 0. The SMILES string of the molecule is Cc1c(C(=O)C(=O)NC2(c3c[nH]nn3)CC2)c2n(c1C(=O)Nc1ccnc(C(C)F)c1)[C@@H]1C[C@@H]1C2. The third-order valence-electron chi connectivity index (χ3n) is 7.33. The second kappa shape index (κ2) is 7.56. The predicted molar refractivity (Wildman–Crippen MR) is 121 cm³/mol. The van der Waals surface area contributed by atoms with Crippen molar-refractivity contribution in [2.75, 3.05) is 5.32 Å². The molecule has 2 fully saturated rings. The van der Waals surface area contributed by atoms with Gasteiger partial charge in [-0.15, -0.1) is 5.10 Å². The molecule has 2 amide bonds. The number of amides is 2. The zero-order valence-corrected chi connectivity index (χ0v) is 19.3. The summed E-state index contributed by atoms with van der Waals surface area (Å²) < 4.78 is 15.6. The van der Waals surface area contributed by atoms with Crippen molar-refractivity contribution < 1.29 is 18.8 Å². The zero-order valence-electron chi connectivity index (χ0n) is 19.3. The molecule has 0 radical (unpaired) electrons. The summed E-state index contributed by atoms with van der Waals surface area (Å²) in [6, 6.07) is 3.23. The number of anilines is 1. The number of Topliss-reactive ketones (excluding diaryl/α,β-unsaturated/α-hetero) is 1. The second-order valence-electron chi connectivity index (χ2n) is 9.70. The van der Waals surface area contributed by atoms with Gasteiger partial charge in [0.05, 0.1) is 16.8 Å². The first kappa shape index (κ1) is 21.6. The van der Waals surface area contributed by atoms with E-state index >= 15 is 0 Å². The number of aromatic amines is 1. The normalized spacial score (nSPS) is 21.6. The third kappa shape index (κ3) is 3.44. The van der Waals surface area contributed by atoms with E-state index in [9.17, 15) is 18.8 Å². The summed E-state index contributed by atoms with van der Waals surface area (Å²) in [4.78, 5) is 43.8. The monoisotopic (exact) mass is 477 g/mol. The van der Waals surface area contributed by atoms with Crippen molar-refractivity contribution in [3.63, 3.8) is 0 Å². The molecule has 3 aromatic rings. The lowest BCUT2D eigenvalue weighted by atomic mass is 10.0. The fourth-order valence-corrected chi connectivity index (χ4v) is 5.26. The van der Waals surface area contributed by atoms with Crippen LogP contribution in [0.4, 0.5) is 10.1 Å². The van der Waals surface area contributed by atoms with E-state index in [1.165, 1.54) is 19.2 Å². The maximum atomic E-state index is 13.7. The molecule has 2 aliphatic carbocycles. The molecule has 0 spiro atoms. The Morgan fingerprint density at radius 3 is 2.80 bits per heavy atom. The topological polar surface area (TPSA) is 135 Å². The Balaban J connectivity index is 1.30. The van der Waals surface area contributed by atoms with Crippen LogP contribution in [0, 0.1) is 12.8 Å². The molecule has 3 atom stereocenters. The van der Waals surface area contributed by atoms with E-state index < -0.39 is 29.3 Å². The minimum absolute atomic E-state index is 0.151. The number of alkyl halides is 1. The predicted octanol–water partition coefficient (Wildman–Crippen LogP) is 2.70. The molecule has 0 bridgehead atoms. The maximum absolute atomic E-state index is 13.7. The molecule has 11 heteroatoms. The fourth-order valence-electron chi connectivity index (χ4n) is 5.26. The standard InChI is InChI=1S/C24H24FN7O3/c1-11-19(21(33)23(35)29-24(4-5-24)18-10-27-31-30-18)17-8-13-7-16(13)32(17)20(11)22(34)28-14-3-6-26-15(9-14)12(2)25/h3,6,9-10,12-13,16H,4-5,7-8H2,1-2H3,(H,29,35)(H,26,28,34)(H,27,30,31)/t12?,13-,16-/m1/s1. The highest BCUT2D eigenvalue weighted by Gasteiger charge is 2.52. The molecule has 35 heavy (non-hydrogen) atoms. The summed E-state index contributed by atoms with van der Waals surface area (Å²) in [7, 11) is 0. The van der Waals surface area contributed by atoms with Gasteiger partial charge in [-0.25, -0.2) is 4.39 Å². The van der Waals surface area contributed by atoms with Crippen molar-refractivity contribution in [2.45, 2.75) is 57.3 Å². The van der Waals surface area contributed by atoms with Crippen LogP contribution >= 0.6 is 0 Å². The fraction of sp³-hybridized carbons (Fsp3) is 0.417. The Labute approximate surface area is 199 Å². The zero-order chi connectivity index (χ0) is 24.5. The first-order chi connectivity index (χ1) is 16.8. The molecule has 4 heterocycles. The van der Waals surface area contributed by atoms with E-state index in [1.807, 2.05) is 4.57 Å². The first-order valence-corrected chi connectivity index (χ1v) is 11.7. The van der Waals surface area contributed by atoms with Crippen molar-refractivity contribution in [1.82, 2.24) is 30.3 Å². The van der Waals surface area contributed by atoms with Crippen LogP contribution in [0.3, 0.4) is 0 Å². The van der Waals surface area contributed by atoms with Gasteiger partial charge in [-0.2, -0.15) is 0 Å². The van der Waals surface area contributed by atoms with Crippen molar-refractivity contribution in [3.05, 3.63) is 58.4 Å².